The van der Waals surface area contributed by atoms with Crippen molar-refractivity contribution >= 4 is 19.0 Å². The first-order valence-electron chi connectivity index (χ1n) is 8.88. The molecule has 152 valence electrons. The van der Waals surface area contributed by atoms with Crippen LogP contribution < -0.4 is 10.5 Å². The van der Waals surface area contributed by atoms with Crippen LogP contribution in [0.15, 0.2) is 12.1 Å². The van der Waals surface area contributed by atoms with Crippen LogP contribution in [0.3, 0.4) is 0 Å². The summed E-state index contributed by atoms with van der Waals surface area (Å²) in [5.74, 6) is -3.08. The average Bonchev–Trinajstić information content (AvgIpc) is 3.37. The van der Waals surface area contributed by atoms with Gasteiger partial charge in [0.2, 0.25) is 5.91 Å². The lowest BCUT2D eigenvalue weighted by molar-refractivity contribution is -0.146. The van der Waals surface area contributed by atoms with Gasteiger partial charge in [0, 0.05) is 5.82 Å². The molecule has 1 amide bonds. The molecule has 1 unspecified atom stereocenters. The van der Waals surface area contributed by atoms with E-state index in [0.29, 0.717) is 12.0 Å². The molecule has 0 aromatic heterocycles. The second-order valence-electron chi connectivity index (χ2n) is 7.63. The van der Waals surface area contributed by atoms with Crippen molar-refractivity contribution in [1.82, 2.24) is 4.90 Å². The van der Waals surface area contributed by atoms with Gasteiger partial charge in [0.05, 0.1) is 19.7 Å². The normalized spacial score (nSPS) is 23.5. The van der Waals surface area contributed by atoms with Gasteiger partial charge in [0.25, 0.3) is 0 Å². The monoisotopic (exact) mass is 394 g/mol. The van der Waals surface area contributed by atoms with Crippen molar-refractivity contribution in [2.24, 2.45) is 5.73 Å². The maximum atomic E-state index is 12.1. The largest absolute Gasteiger partial charge is 0.507 e. The molecule has 7 N–H and O–H groups in total. The van der Waals surface area contributed by atoms with Gasteiger partial charge in [-0.3, -0.25) is 4.79 Å². The van der Waals surface area contributed by atoms with Crippen molar-refractivity contribution in [2.45, 2.75) is 36.7 Å². The highest BCUT2D eigenvalue weighted by Crippen LogP contribution is 2.56. The second kappa shape index (κ2) is 7.24. The first-order chi connectivity index (χ1) is 13.1. The molecule has 10 nitrogen and oxygen atoms in total. The maximum Gasteiger partial charge on any atom is 0.455 e. The van der Waals surface area contributed by atoms with Crippen LogP contribution in [0.1, 0.15) is 35.2 Å². The summed E-state index contributed by atoms with van der Waals surface area (Å²) in [5.41, 5.74) is 4.24. The van der Waals surface area contributed by atoms with Crippen LogP contribution in [0.2, 0.25) is 5.82 Å². The highest BCUT2D eigenvalue weighted by atomic mass is 16.5. The number of carboxylic acid groups (broad SMARTS) is 1. The number of hydrogen-bond donors (Lipinski definition) is 6. The van der Waals surface area contributed by atoms with E-state index in [2.05, 4.69) is 0 Å². The average molecular weight is 394 g/mol. The third-order valence-electron chi connectivity index (χ3n) is 5.25. The van der Waals surface area contributed by atoms with Crippen LogP contribution >= 0.6 is 0 Å². The summed E-state index contributed by atoms with van der Waals surface area (Å²) < 4.78 is 5.64. The number of nitrogens with zero attached hydrogens (tertiary/aromatic N) is 1. The van der Waals surface area contributed by atoms with Crippen LogP contribution in [0.5, 0.6) is 11.5 Å². The summed E-state index contributed by atoms with van der Waals surface area (Å²) >= 11 is 0. The van der Waals surface area contributed by atoms with E-state index in [1.54, 1.807) is 0 Å². The van der Waals surface area contributed by atoms with Crippen molar-refractivity contribution in [3.8, 4) is 11.5 Å². The van der Waals surface area contributed by atoms with E-state index in [1.807, 2.05) is 0 Å². The fraction of sp³-hybridized carbons (Fsp3) is 0.529. The van der Waals surface area contributed by atoms with Crippen molar-refractivity contribution < 1.29 is 39.7 Å². The Bertz CT molecular complexity index is 794. The lowest BCUT2D eigenvalue weighted by atomic mass is 9.81. The molecular formula is C17H23BN2O8. The Hall–Kier alpha value is -2.34. The van der Waals surface area contributed by atoms with Crippen LogP contribution in [0.25, 0.3) is 0 Å². The summed E-state index contributed by atoms with van der Waals surface area (Å²) in [4.78, 5) is 25.2. The van der Waals surface area contributed by atoms with Crippen molar-refractivity contribution in [1.29, 1.82) is 0 Å². The molecule has 11 heteroatoms. The highest BCUT2D eigenvalue weighted by Gasteiger charge is 2.48. The van der Waals surface area contributed by atoms with Crippen LogP contribution in [0.4, 0.5) is 0 Å². The molecular weight excluding hydrogens is 371 g/mol. The molecule has 0 radical (unpaired) electrons. The zero-order valence-electron chi connectivity index (χ0n) is 15.3. The first kappa shape index (κ1) is 20.4. The second-order valence-corrected chi connectivity index (χ2v) is 7.63. The number of aliphatic hydroxyl groups is 1. The lowest BCUT2D eigenvalue weighted by Gasteiger charge is -2.42. The molecule has 1 saturated carbocycles. The molecule has 1 heterocycles. The number of aliphatic hydroxyl groups excluding tert-OH is 1. The van der Waals surface area contributed by atoms with Gasteiger partial charge >= 0.3 is 13.1 Å². The van der Waals surface area contributed by atoms with Crippen LogP contribution in [-0.2, 0) is 4.79 Å². The zero-order valence-corrected chi connectivity index (χ0v) is 15.3. The van der Waals surface area contributed by atoms with Crippen LogP contribution in [0, 0.1) is 0 Å². The Morgan fingerprint density at radius 2 is 2.00 bits per heavy atom. The summed E-state index contributed by atoms with van der Waals surface area (Å²) in [5, 5.41) is 47.5. The lowest BCUT2D eigenvalue weighted by Crippen LogP contribution is -2.64. The minimum absolute atomic E-state index is 0.0368. The number of amides is 1. The van der Waals surface area contributed by atoms with E-state index >= 15 is 0 Å². The Morgan fingerprint density at radius 3 is 2.50 bits per heavy atom. The molecule has 0 bridgehead atoms. The molecule has 3 atom stereocenters. The molecule has 1 aliphatic heterocycles. The van der Waals surface area contributed by atoms with Gasteiger partial charge in [0.1, 0.15) is 28.7 Å². The number of ether oxygens (including phenoxy) is 1. The first-order valence-corrected chi connectivity index (χ1v) is 8.88. The predicted molar refractivity (Wildman–Crippen MR) is 97.0 cm³/mol. The third-order valence-corrected chi connectivity index (χ3v) is 5.25. The number of rotatable bonds is 7. The molecule has 1 aliphatic carbocycles. The minimum Gasteiger partial charge on any atom is -0.507 e. The standard InChI is InChI=1S/C17H23BN2O8/c1-17(19,7-21)16(25)20-5-8(6-20)28-12-3-2-9(10-4-11(10)18(26)27)14(22)13(12)15(23)24/h2-3,8,10-11,21-22,26-27H,4-7,19H2,1H3,(H,23,24)/t10-,11?,17+/m1/s1. The highest BCUT2D eigenvalue weighted by molar-refractivity contribution is 6.44. The quantitative estimate of drug-likeness (QED) is 0.308. The molecule has 1 saturated heterocycles. The number of carbonyl (C=O) groups is 2. The summed E-state index contributed by atoms with van der Waals surface area (Å²) in [6.45, 7) is 1.26. The maximum absolute atomic E-state index is 12.1. The van der Waals surface area contributed by atoms with Crippen molar-refractivity contribution in [2.75, 3.05) is 19.7 Å². The van der Waals surface area contributed by atoms with E-state index in [4.69, 9.17) is 15.6 Å². The van der Waals surface area contributed by atoms with Crippen molar-refractivity contribution in [3.05, 3.63) is 23.3 Å². The number of aromatic carboxylic acids is 1. The number of carbonyl (C=O) groups excluding carboxylic acids is 1. The number of hydrogen-bond acceptors (Lipinski definition) is 8. The van der Waals surface area contributed by atoms with Gasteiger partial charge in [-0.1, -0.05) is 6.07 Å². The summed E-state index contributed by atoms with van der Waals surface area (Å²) in [6.07, 6.45) is -0.0397. The van der Waals surface area contributed by atoms with E-state index in [1.165, 1.54) is 24.0 Å². The summed E-state index contributed by atoms with van der Waals surface area (Å²) in [6, 6.07) is 2.93. The van der Waals surface area contributed by atoms with Gasteiger partial charge in [-0.2, -0.15) is 0 Å². The van der Waals surface area contributed by atoms with Gasteiger partial charge in [-0.15, -0.1) is 0 Å². The zero-order chi connectivity index (χ0) is 20.8. The molecule has 2 fully saturated rings. The van der Waals surface area contributed by atoms with Gasteiger partial charge in [-0.05, 0) is 30.9 Å². The third kappa shape index (κ3) is 3.66. The topological polar surface area (TPSA) is 174 Å². The number of nitrogens with two attached hydrogens (primary N) is 1. The fourth-order valence-corrected chi connectivity index (χ4v) is 3.38. The predicted octanol–water partition coefficient (Wildman–Crippen LogP) is -1.28. The molecule has 2 aliphatic rings. The van der Waals surface area contributed by atoms with E-state index in [0.717, 1.165) is 0 Å². The SMILES string of the molecule is C[C@](N)(CO)C(=O)N1CC(Oc2ccc([C@H]3CC3B(O)O)c(O)c2C(=O)O)C1. The van der Waals surface area contributed by atoms with Crippen LogP contribution in [-0.4, -0.2) is 80.6 Å². The van der Waals surface area contributed by atoms with E-state index in [9.17, 15) is 29.9 Å². The Labute approximate surface area is 161 Å². The number of aromatic hydroxyl groups is 1. The molecule has 1 aromatic rings. The molecule has 28 heavy (non-hydrogen) atoms. The number of carboxylic acids is 1. The number of phenols is 1. The summed E-state index contributed by atoms with van der Waals surface area (Å²) in [7, 11) is -1.53. The van der Waals surface area contributed by atoms with Gasteiger partial charge < -0.3 is 40.7 Å². The molecule has 1 aromatic carbocycles. The minimum atomic E-state index is -1.53. The van der Waals surface area contributed by atoms with E-state index < -0.39 is 54.4 Å². The number of benzene rings is 1. The van der Waals surface area contributed by atoms with E-state index in [-0.39, 0.29) is 24.8 Å². The Kier molecular flexibility index (Phi) is 5.28. The number of likely N-dealkylation sites (tertiary alicyclic amines) is 1. The van der Waals surface area contributed by atoms with Gasteiger partial charge in [0.15, 0.2) is 0 Å². The smallest absolute Gasteiger partial charge is 0.455 e. The molecule has 0 spiro atoms. The fourth-order valence-electron chi connectivity index (χ4n) is 3.38. The molecule has 3 rings (SSSR count). The van der Waals surface area contributed by atoms with Crippen molar-refractivity contribution in [3.63, 3.8) is 0 Å². The Balaban J connectivity index is 1.71. The van der Waals surface area contributed by atoms with Gasteiger partial charge in [-0.25, -0.2) is 4.79 Å². The Morgan fingerprint density at radius 1 is 1.36 bits per heavy atom.